The number of nitrogens with zero attached hydrogens (tertiary/aromatic N) is 2. The monoisotopic (exact) mass is 389 g/mol. The highest BCUT2D eigenvalue weighted by Gasteiger charge is 2.13. The Morgan fingerprint density at radius 1 is 1.00 bits per heavy atom. The van der Waals surface area contributed by atoms with Crippen molar-refractivity contribution in [2.24, 2.45) is 0 Å². The molecular weight excluding hydrogens is 374 g/mol. The maximum atomic E-state index is 12.5. The zero-order chi connectivity index (χ0) is 19.5. The second kappa shape index (κ2) is 7.58. The van der Waals surface area contributed by atoms with E-state index in [0.29, 0.717) is 16.0 Å². The first kappa shape index (κ1) is 17.8. The molecule has 7 heteroatoms. The fraction of sp³-hybridized carbons (Fsp3) is 0.0476. The lowest BCUT2D eigenvalue weighted by atomic mass is 10.1. The quantitative estimate of drug-likeness (QED) is 0.382. The molecule has 1 N–H and O–H groups in total. The van der Waals surface area contributed by atoms with E-state index < -0.39 is 4.92 Å². The number of nitrogens with one attached hydrogen (secondary N) is 1. The van der Waals surface area contributed by atoms with Crippen LogP contribution in [0.15, 0.2) is 73.1 Å². The van der Waals surface area contributed by atoms with Crippen molar-refractivity contribution in [1.82, 2.24) is 4.98 Å². The summed E-state index contributed by atoms with van der Waals surface area (Å²) in [5.41, 5.74) is 3.03. The lowest BCUT2D eigenvalue weighted by Crippen LogP contribution is -2.09. The van der Waals surface area contributed by atoms with Crippen molar-refractivity contribution in [3.63, 3.8) is 0 Å². The summed E-state index contributed by atoms with van der Waals surface area (Å²) in [6.45, 7) is 0. The van der Waals surface area contributed by atoms with Crippen LogP contribution in [0.4, 0.5) is 11.4 Å². The summed E-state index contributed by atoms with van der Waals surface area (Å²) < 4.78 is 0.837. The molecule has 4 rings (SSSR count). The molecule has 0 saturated heterocycles. The first-order valence-electron chi connectivity index (χ1n) is 8.56. The summed E-state index contributed by atoms with van der Waals surface area (Å²) in [5, 5.41) is 14.5. The molecule has 2 aromatic carbocycles. The van der Waals surface area contributed by atoms with Gasteiger partial charge in [0.2, 0.25) is 0 Å². The fourth-order valence-electron chi connectivity index (χ4n) is 2.89. The van der Waals surface area contributed by atoms with Crippen molar-refractivity contribution in [2.45, 2.75) is 6.42 Å². The molecule has 28 heavy (non-hydrogen) atoms. The average Bonchev–Trinajstić information content (AvgIpc) is 3.14. The fourth-order valence-corrected chi connectivity index (χ4v) is 3.83. The summed E-state index contributed by atoms with van der Waals surface area (Å²) >= 11 is 1.31. The van der Waals surface area contributed by atoms with Crippen LogP contribution in [0, 0.1) is 10.1 Å². The van der Waals surface area contributed by atoms with Crippen LogP contribution < -0.4 is 5.32 Å². The molecule has 0 unspecified atom stereocenters. The molecule has 0 aliphatic heterocycles. The molecule has 4 aromatic rings. The Kier molecular flexibility index (Phi) is 4.82. The minimum atomic E-state index is -0.440. The number of nitro groups is 1. The molecule has 0 fully saturated rings. The van der Waals surface area contributed by atoms with Gasteiger partial charge >= 0.3 is 0 Å². The SMILES string of the molecule is O=C(Nc1ccc(Cc2ccncc2)cc1)c1cc2cc([N+](=O)[O-])ccc2s1. The molecule has 138 valence electrons. The molecule has 6 nitrogen and oxygen atoms in total. The van der Waals surface area contributed by atoms with Gasteiger partial charge in [0.05, 0.1) is 9.80 Å². The minimum Gasteiger partial charge on any atom is -0.321 e. The summed E-state index contributed by atoms with van der Waals surface area (Å²) in [6.07, 6.45) is 4.33. The van der Waals surface area contributed by atoms with Crippen LogP contribution in [-0.2, 0) is 6.42 Å². The van der Waals surface area contributed by atoms with E-state index in [1.165, 1.54) is 29.0 Å². The lowest BCUT2D eigenvalue weighted by Gasteiger charge is -2.06. The number of hydrogen-bond acceptors (Lipinski definition) is 5. The van der Waals surface area contributed by atoms with Gasteiger partial charge in [-0.3, -0.25) is 19.9 Å². The molecule has 0 aliphatic carbocycles. The predicted octanol–water partition coefficient (Wildman–Crippen LogP) is 5.05. The highest BCUT2D eigenvalue weighted by molar-refractivity contribution is 7.20. The maximum absolute atomic E-state index is 12.5. The van der Waals surface area contributed by atoms with Crippen molar-refractivity contribution < 1.29 is 9.72 Å². The Morgan fingerprint density at radius 2 is 1.71 bits per heavy atom. The molecule has 2 aromatic heterocycles. The van der Waals surface area contributed by atoms with Crippen molar-refractivity contribution in [2.75, 3.05) is 5.32 Å². The van der Waals surface area contributed by atoms with Crippen molar-refractivity contribution in [3.8, 4) is 0 Å². The number of benzene rings is 2. The molecule has 0 radical (unpaired) electrons. The Balaban J connectivity index is 1.47. The van der Waals surface area contributed by atoms with E-state index >= 15 is 0 Å². The number of pyridine rings is 1. The van der Waals surface area contributed by atoms with Gasteiger partial charge in [-0.05, 0) is 53.9 Å². The zero-order valence-electron chi connectivity index (χ0n) is 14.7. The van der Waals surface area contributed by atoms with Gasteiger partial charge in [-0.2, -0.15) is 0 Å². The number of rotatable bonds is 5. The summed E-state index contributed by atoms with van der Waals surface area (Å²) in [4.78, 5) is 27.5. The molecule has 0 saturated carbocycles. The summed E-state index contributed by atoms with van der Waals surface area (Å²) in [5.74, 6) is -0.231. The first-order chi connectivity index (χ1) is 13.6. The number of fused-ring (bicyclic) bond motifs is 1. The van der Waals surface area contributed by atoms with Gasteiger partial charge in [0.1, 0.15) is 0 Å². The van der Waals surface area contributed by atoms with Crippen LogP contribution in [0.1, 0.15) is 20.8 Å². The van der Waals surface area contributed by atoms with Gasteiger partial charge in [-0.25, -0.2) is 0 Å². The molecule has 0 aliphatic rings. The Hall–Kier alpha value is -3.58. The molecular formula is C21H15N3O3S. The van der Waals surface area contributed by atoms with Crippen LogP contribution >= 0.6 is 11.3 Å². The average molecular weight is 389 g/mol. The third kappa shape index (κ3) is 3.89. The van der Waals surface area contributed by atoms with Crippen LogP contribution in [0.5, 0.6) is 0 Å². The Bertz CT molecular complexity index is 1150. The maximum Gasteiger partial charge on any atom is 0.270 e. The van der Waals surface area contributed by atoms with Gasteiger partial charge in [-0.1, -0.05) is 12.1 Å². The minimum absolute atomic E-state index is 0.0158. The van der Waals surface area contributed by atoms with Gasteiger partial charge < -0.3 is 5.32 Å². The summed E-state index contributed by atoms with van der Waals surface area (Å²) in [6, 6.07) is 17.9. The zero-order valence-corrected chi connectivity index (χ0v) is 15.5. The Labute approximate surface area is 164 Å². The third-order valence-corrected chi connectivity index (χ3v) is 5.42. The van der Waals surface area contributed by atoms with Gasteiger partial charge in [0.15, 0.2) is 0 Å². The third-order valence-electron chi connectivity index (χ3n) is 4.30. The van der Waals surface area contributed by atoms with Crippen molar-refractivity contribution in [3.05, 3.63) is 99.2 Å². The van der Waals surface area contributed by atoms with Crippen molar-refractivity contribution >= 4 is 38.7 Å². The van der Waals surface area contributed by atoms with Crippen LogP contribution in [0.25, 0.3) is 10.1 Å². The number of nitro benzene ring substituents is 1. The number of carbonyl (C=O) groups is 1. The number of anilines is 1. The van der Waals surface area contributed by atoms with Gasteiger partial charge in [-0.15, -0.1) is 11.3 Å². The number of amides is 1. The summed E-state index contributed by atoms with van der Waals surface area (Å²) in [7, 11) is 0. The standard InChI is InChI=1S/C21H15N3O3S/c25-21(20-13-16-12-18(24(26)27)5-6-19(16)28-20)23-17-3-1-14(2-4-17)11-15-7-9-22-10-8-15/h1-10,12-13H,11H2,(H,23,25). The number of carbonyl (C=O) groups excluding carboxylic acids is 1. The van der Waals surface area contributed by atoms with Crippen molar-refractivity contribution in [1.29, 1.82) is 0 Å². The predicted molar refractivity (Wildman–Crippen MR) is 110 cm³/mol. The lowest BCUT2D eigenvalue weighted by molar-refractivity contribution is -0.384. The molecule has 2 heterocycles. The molecule has 0 atom stereocenters. The van der Waals surface area contributed by atoms with E-state index in [-0.39, 0.29) is 11.6 Å². The number of hydrogen-bond donors (Lipinski definition) is 1. The van der Waals surface area contributed by atoms with E-state index in [9.17, 15) is 14.9 Å². The number of thiophene rings is 1. The van der Waals surface area contributed by atoms with Gasteiger partial charge in [0, 0.05) is 40.3 Å². The van der Waals surface area contributed by atoms with E-state index in [4.69, 9.17) is 0 Å². The van der Waals surface area contributed by atoms with Gasteiger partial charge in [0.25, 0.3) is 11.6 Å². The first-order valence-corrected chi connectivity index (χ1v) is 9.37. The largest absolute Gasteiger partial charge is 0.321 e. The molecule has 0 bridgehead atoms. The Morgan fingerprint density at radius 3 is 2.43 bits per heavy atom. The second-order valence-electron chi connectivity index (χ2n) is 6.27. The molecule has 1 amide bonds. The number of aromatic nitrogens is 1. The number of non-ortho nitro benzene ring substituents is 1. The second-order valence-corrected chi connectivity index (χ2v) is 7.36. The normalized spacial score (nSPS) is 10.7. The van der Waals surface area contributed by atoms with Crippen LogP contribution in [-0.4, -0.2) is 15.8 Å². The highest BCUT2D eigenvalue weighted by atomic mass is 32.1. The van der Waals surface area contributed by atoms with E-state index in [1.54, 1.807) is 24.5 Å². The van der Waals surface area contributed by atoms with E-state index in [0.717, 1.165) is 16.7 Å². The van der Waals surface area contributed by atoms with E-state index in [1.807, 2.05) is 36.4 Å². The highest BCUT2D eigenvalue weighted by Crippen LogP contribution is 2.29. The van der Waals surface area contributed by atoms with Crippen LogP contribution in [0.3, 0.4) is 0 Å². The van der Waals surface area contributed by atoms with E-state index in [2.05, 4.69) is 10.3 Å². The smallest absolute Gasteiger partial charge is 0.270 e. The molecule has 0 spiro atoms. The topological polar surface area (TPSA) is 85.1 Å². The van der Waals surface area contributed by atoms with Crippen LogP contribution in [0.2, 0.25) is 0 Å².